The van der Waals surface area contributed by atoms with Crippen molar-refractivity contribution in [1.29, 1.82) is 0 Å². The summed E-state index contributed by atoms with van der Waals surface area (Å²) in [7, 11) is 1.59. The van der Waals surface area contributed by atoms with Gasteiger partial charge in [-0.15, -0.1) is 0 Å². The van der Waals surface area contributed by atoms with Crippen molar-refractivity contribution >= 4 is 22.6 Å². The van der Waals surface area contributed by atoms with Crippen LogP contribution < -0.4 is 21.5 Å². The third kappa shape index (κ3) is 4.49. The van der Waals surface area contributed by atoms with E-state index in [-0.39, 0.29) is 11.5 Å². The molecule has 3 aromatic rings. The molecule has 4 N–H and O–H groups in total. The molecule has 156 valence electrons. The van der Waals surface area contributed by atoms with E-state index < -0.39 is 0 Å². The van der Waals surface area contributed by atoms with Gasteiger partial charge in [-0.05, 0) is 48.6 Å². The van der Waals surface area contributed by atoms with Crippen molar-refractivity contribution in [2.45, 2.75) is 32.4 Å². The van der Waals surface area contributed by atoms with Crippen LogP contribution in [0.15, 0.2) is 41.5 Å². The standard InChI is InChI=1S/C22H26N6O2/c1-3-14-7-19-20(28-21(14)29)6-13(10-26-19)9-25-18-8-15(18)11-24-16-4-5-17(27-12-16)22(30)23-2/h4-7,10,12,15,18,24-25H,3,8-9,11H2,1-2H3,(H,23,30)(H,28,29). The smallest absolute Gasteiger partial charge is 0.269 e. The van der Waals surface area contributed by atoms with E-state index in [1.807, 2.05) is 31.3 Å². The molecule has 0 saturated heterocycles. The molecular weight excluding hydrogens is 380 g/mol. The monoisotopic (exact) mass is 406 g/mol. The highest BCUT2D eigenvalue weighted by atomic mass is 16.1. The predicted molar refractivity (Wildman–Crippen MR) is 117 cm³/mol. The van der Waals surface area contributed by atoms with Gasteiger partial charge >= 0.3 is 0 Å². The summed E-state index contributed by atoms with van der Waals surface area (Å²) in [4.78, 5) is 35.1. The zero-order chi connectivity index (χ0) is 21.1. The number of aromatic amines is 1. The third-order valence-electron chi connectivity index (χ3n) is 5.49. The minimum atomic E-state index is -0.189. The lowest BCUT2D eigenvalue weighted by Gasteiger charge is -2.08. The lowest BCUT2D eigenvalue weighted by Crippen LogP contribution is -2.20. The maximum atomic E-state index is 12.0. The Balaban J connectivity index is 1.27. The topological polar surface area (TPSA) is 112 Å². The Morgan fingerprint density at radius 3 is 2.83 bits per heavy atom. The summed E-state index contributed by atoms with van der Waals surface area (Å²) in [5.41, 5.74) is 4.68. The molecule has 1 amide bonds. The first kappa shape index (κ1) is 20.0. The van der Waals surface area contributed by atoms with Crippen molar-refractivity contribution in [3.05, 3.63) is 63.8 Å². The second kappa shape index (κ2) is 8.62. The van der Waals surface area contributed by atoms with Crippen LogP contribution in [0.4, 0.5) is 5.69 Å². The number of nitrogens with zero attached hydrogens (tertiary/aromatic N) is 2. The molecule has 3 heterocycles. The second-order valence-corrected chi connectivity index (χ2v) is 7.63. The number of H-pyrrole nitrogens is 1. The molecule has 2 unspecified atom stereocenters. The summed E-state index contributed by atoms with van der Waals surface area (Å²) >= 11 is 0. The van der Waals surface area contributed by atoms with Crippen molar-refractivity contribution in [3.8, 4) is 0 Å². The molecule has 3 aromatic heterocycles. The SMILES string of the molecule is CCc1cc2ncc(CNC3CC3CNc3ccc(C(=O)NC)nc3)cc2[nH]c1=O. The average molecular weight is 406 g/mol. The van der Waals surface area contributed by atoms with Crippen LogP contribution >= 0.6 is 0 Å². The molecule has 0 aromatic carbocycles. The molecule has 1 saturated carbocycles. The molecular formula is C22H26N6O2. The highest BCUT2D eigenvalue weighted by Crippen LogP contribution is 2.30. The quantitative estimate of drug-likeness (QED) is 0.454. The van der Waals surface area contributed by atoms with Crippen molar-refractivity contribution in [2.24, 2.45) is 5.92 Å². The van der Waals surface area contributed by atoms with Gasteiger partial charge in [-0.3, -0.25) is 14.6 Å². The molecule has 0 aliphatic heterocycles. The van der Waals surface area contributed by atoms with E-state index >= 15 is 0 Å². The van der Waals surface area contributed by atoms with Crippen LogP contribution in [0.3, 0.4) is 0 Å². The summed E-state index contributed by atoms with van der Waals surface area (Å²) in [6.45, 7) is 3.53. The number of pyridine rings is 3. The van der Waals surface area contributed by atoms with E-state index in [0.717, 1.165) is 40.8 Å². The van der Waals surface area contributed by atoms with Gasteiger partial charge in [0.1, 0.15) is 5.69 Å². The fraction of sp³-hybridized carbons (Fsp3) is 0.364. The number of fused-ring (bicyclic) bond motifs is 1. The average Bonchev–Trinajstić information content (AvgIpc) is 3.53. The van der Waals surface area contributed by atoms with E-state index in [1.165, 1.54) is 0 Å². The van der Waals surface area contributed by atoms with Crippen LogP contribution in [-0.4, -0.2) is 40.5 Å². The molecule has 0 spiro atoms. The van der Waals surface area contributed by atoms with Crippen LogP contribution in [0.25, 0.3) is 11.0 Å². The second-order valence-electron chi connectivity index (χ2n) is 7.63. The van der Waals surface area contributed by atoms with Gasteiger partial charge in [-0.25, -0.2) is 4.98 Å². The number of hydrogen-bond donors (Lipinski definition) is 4. The van der Waals surface area contributed by atoms with Gasteiger partial charge in [0.2, 0.25) is 0 Å². The Hall–Kier alpha value is -3.26. The molecule has 1 fully saturated rings. The van der Waals surface area contributed by atoms with E-state index in [4.69, 9.17) is 0 Å². The fourth-order valence-corrected chi connectivity index (χ4v) is 3.51. The van der Waals surface area contributed by atoms with Crippen molar-refractivity contribution in [1.82, 2.24) is 25.6 Å². The van der Waals surface area contributed by atoms with Crippen molar-refractivity contribution in [2.75, 3.05) is 18.9 Å². The van der Waals surface area contributed by atoms with E-state index in [2.05, 4.69) is 30.9 Å². The number of rotatable bonds is 8. The molecule has 8 nitrogen and oxygen atoms in total. The molecule has 0 radical (unpaired) electrons. The molecule has 8 heteroatoms. The number of nitrogens with one attached hydrogen (secondary N) is 4. The van der Waals surface area contributed by atoms with E-state index in [1.54, 1.807) is 19.3 Å². The van der Waals surface area contributed by atoms with Gasteiger partial charge in [-0.2, -0.15) is 0 Å². The molecule has 30 heavy (non-hydrogen) atoms. The lowest BCUT2D eigenvalue weighted by molar-refractivity contribution is 0.0958. The number of aryl methyl sites for hydroxylation is 1. The van der Waals surface area contributed by atoms with Gasteiger partial charge in [0, 0.05) is 37.9 Å². The Labute approximate surface area is 174 Å². The minimum Gasteiger partial charge on any atom is -0.383 e. The lowest BCUT2D eigenvalue weighted by atomic mass is 10.1. The van der Waals surface area contributed by atoms with Crippen molar-refractivity contribution in [3.63, 3.8) is 0 Å². The summed E-state index contributed by atoms with van der Waals surface area (Å²) in [6.07, 6.45) is 5.35. The number of hydrogen-bond acceptors (Lipinski definition) is 6. The van der Waals surface area contributed by atoms with Gasteiger partial charge in [-0.1, -0.05) is 6.92 Å². The summed E-state index contributed by atoms with van der Waals surface area (Å²) < 4.78 is 0. The van der Waals surface area contributed by atoms with Crippen LogP contribution in [0.2, 0.25) is 0 Å². The Kier molecular flexibility index (Phi) is 5.76. The normalized spacial score (nSPS) is 17.7. The maximum absolute atomic E-state index is 12.0. The first-order valence-electron chi connectivity index (χ1n) is 10.2. The Morgan fingerprint density at radius 2 is 2.10 bits per heavy atom. The number of carbonyl (C=O) groups excluding carboxylic acids is 1. The van der Waals surface area contributed by atoms with Gasteiger partial charge < -0.3 is 20.9 Å². The zero-order valence-electron chi connectivity index (χ0n) is 17.2. The molecule has 1 aliphatic rings. The highest BCUT2D eigenvalue weighted by molar-refractivity contribution is 5.92. The van der Waals surface area contributed by atoms with Crippen LogP contribution in [0.1, 0.15) is 35.0 Å². The predicted octanol–water partition coefficient (Wildman–Crippen LogP) is 1.83. The highest BCUT2D eigenvalue weighted by Gasteiger charge is 2.36. The van der Waals surface area contributed by atoms with Gasteiger partial charge in [0.15, 0.2) is 0 Å². The Morgan fingerprint density at radius 1 is 1.23 bits per heavy atom. The third-order valence-corrected chi connectivity index (χ3v) is 5.49. The zero-order valence-corrected chi connectivity index (χ0v) is 17.2. The number of carbonyl (C=O) groups is 1. The van der Waals surface area contributed by atoms with Crippen molar-refractivity contribution < 1.29 is 4.79 Å². The molecule has 0 bridgehead atoms. The Bertz CT molecular complexity index is 1110. The number of aromatic nitrogens is 3. The van der Waals surface area contributed by atoms with Crippen LogP contribution in [0.5, 0.6) is 0 Å². The number of anilines is 1. The van der Waals surface area contributed by atoms with Crippen LogP contribution in [-0.2, 0) is 13.0 Å². The summed E-state index contributed by atoms with van der Waals surface area (Å²) in [6, 6.07) is 7.89. The van der Waals surface area contributed by atoms with Gasteiger partial charge in [0.05, 0.1) is 22.9 Å². The molecule has 2 atom stereocenters. The number of amides is 1. The summed E-state index contributed by atoms with van der Waals surface area (Å²) in [5, 5.41) is 9.49. The molecule has 1 aliphatic carbocycles. The first-order valence-corrected chi connectivity index (χ1v) is 10.2. The molecule has 4 rings (SSSR count). The van der Waals surface area contributed by atoms with E-state index in [0.29, 0.717) is 30.6 Å². The minimum absolute atomic E-state index is 0.0388. The van der Waals surface area contributed by atoms with E-state index in [9.17, 15) is 9.59 Å². The largest absolute Gasteiger partial charge is 0.383 e. The van der Waals surface area contributed by atoms with Crippen LogP contribution in [0, 0.1) is 5.92 Å². The maximum Gasteiger partial charge on any atom is 0.269 e. The van der Waals surface area contributed by atoms with Gasteiger partial charge in [0.25, 0.3) is 11.5 Å². The fourth-order valence-electron chi connectivity index (χ4n) is 3.51. The first-order chi connectivity index (χ1) is 14.6. The summed E-state index contributed by atoms with van der Waals surface area (Å²) in [5.74, 6) is 0.356.